The molecular weight excluding hydrogens is 302 g/mol. The quantitative estimate of drug-likeness (QED) is 0.913. The van der Waals surface area contributed by atoms with Gasteiger partial charge < -0.3 is 9.73 Å². The van der Waals surface area contributed by atoms with Gasteiger partial charge in [-0.15, -0.1) is 0 Å². The van der Waals surface area contributed by atoms with Crippen LogP contribution in [0.5, 0.6) is 0 Å². The van der Waals surface area contributed by atoms with Crippen LogP contribution in [0.15, 0.2) is 39.4 Å². The van der Waals surface area contributed by atoms with Crippen molar-refractivity contribution in [2.24, 2.45) is 0 Å². The van der Waals surface area contributed by atoms with Crippen LogP contribution in [0.2, 0.25) is 5.02 Å². The molecule has 1 aromatic carbocycles. The van der Waals surface area contributed by atoms with E-state index in [4.69, 9.17) is 16.0 Å². The molecule has 0 aliphatic heterocycles. The molecule has 0 amide bonds. The maximum absolute atomic E-state index is 6.27. The minimum atomic E-state index is -0.0330. The van der Waals surface area contributed by atoms with Crippen molar-refractivity contribution in [3.8, 4) is 0 Å². The number of aryl methyl sites for hydroxylation is 1. The fraction of sp³-hybridized carbons (Fsp3) is 0.231. The Kier molecular flexibility index (Phi) is 3.92. The van der Waals surface area contributed by atoms with E-state index in [1.54, 1.807) is 0 Å². The summed E-state index contributed by atoms with van der Waals surface area (Å²) in [5.74, 6) is 0.838. The molecule has 0 fully saturated rings. The molecule has 1 aromatic heterocycles. The zero-order chi connectivity index (χ0) is 12.4. The molecular formula is C13H13BrClNO. The molecule has 2 nitrogen and oxygen atoms in total. The topological polar surface area (TPSA) is 25.2 Å². The van der Waals surface area contributed by atoms with E-state index in [1.807, 2.05) is 44.3 Å². The lowest BCUT2D eigenvalue weighted by Crippen LogP contribution is -2.17. The molecule has 1 atom stereocenters. The summed E-state index contributed by atoms with van der Waals surface area (Å²) < 4.78 is 6.29. The number of furan rings is 1. The monoisotopic (exact) mass is 313 g/mol. The van der Waals surface area contributed by atoms with Gasteiger partial charge in [-0.05, 0) is 59.2 Å². The Morgan fingerprint density at radius 2 is 2.06 bits per heavy atom. The normalized spacial score (nSPS) is 12.7. The highest BCUT2D eigenvalue weighted by molar-refractivity contribution is 9.10. The fourth-order valence-electron chi connectivity index (χ4n) is 1.80. The Balaban J connectivity index is 2.42. The Morgan fingerprint density at radius 3 is 2.59 bits per heavy atom. The summed E-state index contributed by atoms with van der Waals surface area (Å²) in [7, 11) is 1.89. The standard InChI is InChI=1S/C13H13BrClNO/c1-8-3-4-9(10(15)7-8)13(16-2)11-5-6-12(14)17-11/h3-7,13,16H,1-2H3. The molecule has 4 heteroatoms. The predicted octanol–water partition coefficient (Wildman–Crippen LogP) is 4.31. The Morgan fingerprint density at radius 1 is 1.29 bits per heavy atom. The molecule has 0 saturated heterocycles. The van der Waals surface area contributed by atoms with Crippen molar-refractivity contribution in [3.05, 3.63) is 56.9 Å². The van der Waals surface area contributed by atoms with Crippen LogP contribution >= 0.6 is 27.5 Å². The van der Waals surface area contributed by atoms with Crippen LogP contribution in [0.4, 0.5) is 0 Å². The number of nitrogens with one attached hydrogen (secondary N) is 1. The summed E-state index contributed by atoms with van der Waals surface area (Å²) in [5.41, 5.74) is 2.16. The molecule has 2 aromatic rings. The lowest BCUT2D eigenvalue weighted by atomic mass is 10.0. The van der Waals surface area contributed by atoms with Gasteiger partial charge in [-0.25, -0.2) is 0 Å². The second kappa shape index (κ2) is 5.25. The predicted molar refractivity (Wildman–Crippen MR) is 73.5 cm³/mol. The smallest absolute Gasteiger partial charge is 0.169 e. The molecule has 1 heterocycles. The average molecular weight is 315 g/mol. The van der Waals surface area contributed by atoms with Crippen molar-refractivity contribution in [1.29, 1.82) is 0 Å². The first-order valence-corrected chi connectivity index (χ1v) is 6.47. The first-order valence-electron chi connectivity index (χ1n) is 5.30. The number of halogens is 2. The zero-order valence-corrected chi connectivity index (χ0v) is 12.0. The van der Waals surface area contributed by atoms with Gasteiger partial charge in [0.2, 0.25) is 0 Å². The van der Waals surface area contributed by atoms with Crippen molar-refractivity contribution in [2.45, 2.75) is 13.0 Å². The second-order valence-corrected chi connectivity index (χ2v) is 5.08. The van der Waals surface area contributed by atoms with Crippen LogP contribution in [0, 0.1) is 6.92 Å². The lowest BCUT2D eigenvalue weighted by Gasteiger charge is -2.16. The van der Waals surface area contributed by atoms with Crippen LogP contribution in [-0.4, -0.2) is 7.05 Å². The molecule has 0 aliphatic rings. The SMILES string of the molecule is CNC(c1ccc(Br)o1)c1ccc(C)cc1Cl. The first kappa shape index (κ1) is 12.7. The van der Waals surface area contributed by atoms with Crippen LogP contribution < -0.4 is 5.32 Å². The number of hydrogen-bond acceptors (Lipinski definition) is 2. The van der Waals surface area contributed by atoms with E-state index in [1.165, 1.54) is 0 Å². The van der Waals surface area contributed by atoms with Gasteiger partial charge in [0.15, 0.2) is 4.67 Å². The van der Waals surface area contributed by atoms with E-state index in [9.17, 15) is 0 Å². The number of rotatable bonds is 3. The van der Waals surface area contributed by atoms with Gasteiger partial charge in [0.05, 0.1) is 6.04 Å². The maximum atomic E-state index is 6.27. The highest BCUT2D eigenvalue weighted by atomic mass is 79.9. The largest absolute Gasteiger partial charge is 0.452 e. The van der Waals surface area contributed by atoms with Crippen LogP contribution in [0.1, 0.15) is 22.9 Å². The summed E-state index contributed by atoms with van der Waals surface area (Å²) in [6.45, 7) is 2.02. The van der Waals surface area contributed by atoms with Crippen LogP contribution in [-0.2, 0) is 0 Å². The van der Waals surface area contributed by atoms with E-state index in [-0.39, 0.29) is 6.04 Å². The third-order valence-corrected chi connectivity index (χ3v) is 3.39. The molecule has 0 aliphatic carbocycles. The van der Waals surface area contributed by atoms with Gasteiger partial charge in [-0.1, -0.05) is 23.7 Å². The molecule has 2 rings (SSSR count). The van der Waals surface area contributed by atoms with Crippen LogP contribution in [0.3, 0.4) is 0 Å². The highest BCUT2D eigenvalue weighted by Crippen LogP contribution is 2.30. The number of hydrogen-bond donors (Lipinski definition) is 1. The van der Waals surface area contributed by atoms with Crippen LogP contribution in [0.25, 0.3) is 0 Å². The van der Waals surface area contributed by atoms with Crippen molar-refractivity contribution < 1.29 is 4.42 Å². The van der Waals surface area contributed by atoms with E-state index >= 15 is 0 Å². The number of benzene rings is 1. The molecule has 1 N–H and O–H groups in total. The van der Waals surface area contributed by atoms with Crippen molar-refractivity contribution >= 4 is 27.5 Å². The molecule has 1 unspecified atom stereocenters. The van der Waals surface area contributed by atoms with Crippen molar-refractivity contribution in [3.63, 3.8) is 0 Å². The minimum Gasteiger partial charge on any atom is -0.452 e. The first-order chi connectivity index (χ1) is 8.11. The van der Waals surface area contributed by atoms with Gasteiger partial charge in [0.1, 0.15) is 5.76 Å². The molecule has 17 heavy (non-hydrogen) atoms. The maximum Gasteiger partial charge on any atom is 0.169 e. The molecule has 0 saturated carbocycles. The summed E-state index contributed by atoms with van der Waals surface area (Å²) in [5, 5.41) is 3.96. The lowest BCUT2D eigenvalue weighted by molar-refractivity contribution is 0.447. The Hall–Kier alpha value is -0.770. The second-order valence-electron chi connectivity index (χ2n) is 3.89. The average Bonchev–Trinajstić information content (AvgIpc) is 2.69. The molecule has 0 bridgehead atoms. The fourth-order valence-corrected chi connectivity index (χ4v) is 2.46. The highest BCUT2D eigenvalue weighted by Gasteiger charge is 2.18. The van der Waals surface area contributed by atoms with Gasteiger partial charge >= 0.3 is 0 Å². The molecule has 0 radical (unpaired) electrons. The molecule has 0 spiro atoms. The van der Waals surface area contributed by atoms with Crippen molar-refractivity contribution in [1.82, 2.24) is 5.32 Å². The van der Waals surface area contributed by atoms with E-state index in [0.717, 1.165) is 26.6 Å². The summed E-state index contributed by atoms with van der Waals surface area (Å²) in [6.07, 6.45) is 0. The third kappa shape index (κ3) is 2.73. The van der Waals surface area contributed by atoms with E-state index in [2.05, 4.69) is 21.2 Å². The summed E-state index contributed by atoms with van der Waals surface area (Å²) in [4.78, 5) is 0. The third-order valence-electron chi connectivity index (χ3n) is 2.63. The zero-order valence-electron chi connectivity index (χ0n) is 9.63. The molecule has 90 valence electrons. The van der Waals surface area contributed by atoms with Crippen molar-refractivity contribution in [2.75, 3.05) is 7.05 Å². The summed E-state index contributed by atoms with van der Waals surface area (Å²) >= 11 is 9.57. The van der Waals surface area contributed by atoms with Gasteiger partial charge in [-0.2, -0.15) is 0 Å². The summed E-state index contributed by atoms with van der Waals surface area (Å²) in [6, 6.07) is 9.80. The van der Waals surface area contributed by atoms with Gasteiger partial charge in [0, 0.05) is 5.02 Å². The Labute approximate surface area is 114 Å². The van der Waals surface area contributed by atoms with Gasteiger partial charge in [-0.3, -0.25) is 0 Å². The van der Waals surface area contributed by atoms with E-state index in [0.29, 0.717) is 0 Å². The van der Waals surface area contributed by atoms with E-state index < -0.39 is 0 Å². The Bertz CT molecular complexity index is 524. The van der Waals surface area contributed by atoms with Gasteiger partial charge in [0.25, 0.3) is 0 Å². The minimum absolute atomic E-state index is 0.0330.